The standard InChI is InChI=1S/C20H31N/c1-4-11-21-20(19-17-9-6-10-18(17)19)16-8-5-7-15(13-16)12-14(2)3/h5,7-8,13-14,17-21H,4,6,9-12H2,1-3H3. The van der Waals surface area contributed by atoms with Crippen LogP contribution in [0.4, 0.5) is 0 Å². The van der Waals surface area contributed by atoms with Gasteiger partial charge in [0.05, 0.1) is 0 Å². The largest absolute Gasteiger partial charge is 0.310 e. The van der Waals surface area contributed by atoms with Crippen LogP contribution in [-0.4, -0.2) is 6.54 Å². The molecule has 2 aliphatic rings. The van der Waals surface area contributed by atoms with E-state index in [9.17, 15) is 0 Å². The zero-order valence-electron chi connectivity index (χ0n) is 13.9. The van der Waals surface area contributed by atoms with Crippen LogP contribution >= 0.6 is 0 Å². The topological polar surface area (TPSA) is 12.0 Å². The first-order valence-electron chi connectivity index (χ1n) is 9.03. The van der Waals surface area contributed by atoms with Crippen molar-refractivity contribution in [1.82, 2.24) is 5.32 Å². The molecule has 0 radical (unpaired) electrons. The molecule has 21 heavy (non-hydrogen) atoms. The van der Waals surface area contributed by atoms with Crippen LogP contribution in [0.1, 0.15) is 63.6 Å². The van der Waals surface area contributed by atoms with Gasteiger partial charge in [0.1, 0.15) is 0 Å². The second-order valence-corrected chi connectivity index (χ2v) is 7.61. The predicted molar refractivity (Wildman–Crippen MR) is 90.3 cm³/mol. The molecule has 0 aromatic heterocycles. The van der Waals surface area contributed by atoms with E-state index < -0.39 is 0 Å². The number of rotatable bonds is 7. The second kappa shape index (κ2) is 6.52. The molecule has 0 spiro atoms. The van der Waals surface area contributed by atoms with Gasteiger partial charge in [0.25, 0.3) is 0 Å². The van der Waals surface area contributed by atoms with Gasteiger partial charge in [-0.2, -0.15) is 0 Å². The SMILES string of the molecule is CCCNC(c1cccc(CC(C)C)c1)C1C2CCCC21. The highest BCUT2D eigenvalue weighted by Crippen LogP contribution is 2.62. The third-order valence-electron chi connectivity index (χ3n) is 5.43. The lowest BCUT2D eigenvalue weighted by Gasteiger charge is -2.22. The fourth-order valence-corrected chi connectivity index (χ4v) is 4.53. The fraction of sp³-hybridized carbons (Fsp3) is 0.700. The van der Waals surface area contributed by atoms with Crippen molar-refractivity contribution in [3.8, 4) is 0 Å². The maximum absolute atomic E-state index is 3.86. The first kappa shape index (κ1) is 15.1. The van der Waals surface area contributed by atoms with Crippen molar-refractivity contribution in [3.63, 3.8) is 0 Å². The minimum Gasteiger partial charge on any atom is -0.310 e. The smallest absolute Gasteiger partial charge is 0.0354 e. The van der Waals surface area contributed by atoms with E-state index in [1.807, 2.05) is 0 Å². The van der Waals surface area contributed by atoms with E-state index in [4.69, 9.17) is 0 Å². The Balaban J connectivity index is 1.76. The molecule has 3 atom stereocenters. The Morgan fingerprint density at radius 3 is 2.62 bits per heavy atom. The summed E-state index contributed by atoms with van der Waals surface area (Å²) >= 11 is 0. The average molecular weight is 285 g/mol. The Kier molecular flexibility index (Phi) is 4.69. The minimum absolute atomic E-state index is 0.604. The highest BCUT2D eigenvalue weighted by molar-refractivity contribution is 5.29. The molecule has 0 heterocycles. The van der Waals surface area contributed by atoms with Crippen LogP contribution in [0.2, 0.25) is 0 Å². The van der Waals surface area contributed by atoms with Gasteiger partial charge in [-0.25, -0.2) is 0 Å². The number of nitrogens with one attached hydrogen (secondary N) is 1. The quantitative estimate of drug-likeness (QED) is 0.745. The lowest BCUT2D eigenvalue weighted by Crippen LogP contribution is -2.25. The number of hydrogen-bond acceptors (Lipinski definition) is 1. The number of fused-ring (bicyclic) bond motifs is 1. The Labute approximate surface area is 130 Å². The van der Waals surface area contributed by atoms with Crippen LogP contribution in [-0.2, 0) is 6.42 Å². The van der Waals surface area contributed by atoms with Crippen molar-refractivity contribution in [1.29, 1.82) is 0 Å². The molecule has 2 saturated carbocycles. The first-order chi connectivity index (χ1) is 10.2. The summed E-state index contributed by atoms with van der Waals surface area (Å²) in [5, 5.41) is 3.86. The van der Waals surface area contributed by atoms with Gasteiger partial charge in [-0.3, -0.25) is 0 Å². The third kappa shape index (κ3) is 3.34. The van der Waals surface area contributed by atoms with Gasteiger partial charge >= 0.3 is 0 Å². The molecule has 116 valence electrons. The Bertz CT molecular complexity index is 455. The Hall–Kier alpha value is -0.820. The summed E-state index contributed by atoms with van der Waals surface area (Å²) in [6.07, 6.45) is 6.85. The summed E-state index contributed by atoms with van der Waals surface area (Å²) in [6.45, 7) is 8.04. The molecular weight excluding hydrogens is 254 g/mol. The van der Waals surface area contributed by atoms with Gasteiger partial charge in [-0.15, -0.1) is 0 Å². The summed E-state index contributed by atoms with van der Waals surface area (Å²) in [6, 6.07) is 10.00. The molecule has 0 aliphatic heterocycles. The highest BCUT2D eigenvalue weighted by atomic mass is 14.9. The maximum Gasteiger partial charge on any atom is 0.0354 e. The van der Waals surface area contributed by atoms with Crippen molar-refractivity contribution in [2.24, 2.45) is 23.7 Å². The van der Waals surface area contributed by atoms with Crippen LogP contribution in [0.5, 0.6) is 0 Å². The zero-order chi connectivity index (χ0) is 14.8. The maximum atomic E-state index is 3.86. The molecule has 0 saturated heterocycles. The Morgan fingerprint density at radius 1 is 1.19 bits per heavy atom. The van der Waals surface area contributed by atoms with E-state index in [0.717, 1.165) is 30.2 Å². The van der Waals surface area contributed by atoms with Crippen LogP contribution in [0.3, 0.4) is 0 Å². The summed E-state index contributed by atoms with van der Waals surface area (Å²) < 4.78 is 0. The molecule has 3 unspecified atom stereocenters. The lowest BCUT2D eigenvalue weighted by molar-refractivity contribution is 0.417. The van der Waals surface area contributed by atoms with Gasteiger partial charge in [-0.1, -0.05) is 51.5 Å². The van der Waals surface area contributed by atoms with Crippen LogP contribution in [0, 0.1) is 23.7 Å². The summed E-state index contributed by atoms with van der Waals surface area (Å²) in [4.78, 5) is 0. The first-order valence-corrected chi connectivity index (χ1v) is 9.03. The molecule has 1 aromatic carbocycles. The van der Waals surface area contributed by atoms with Gasteiger partial charge < -0.3 is 5.32 Å². The van der Waals surface area contributed by atoms with Crippen molar-refractivity contribution in [3.05, 3.63) is 35.4 Å². The van der Waals surface area contributed by atoms with E-state index in [1.165, 1.54) is 37.7 Å². The third-order valence-corrected chi connectivity index (χ3v) is 5.43. The van der Waals surface area contributed by atoms with Gasteiger partial charge in [-0.05, 0) is 67.0 Å². The van der Waals surface area contributed by atoms with E-state index in [2.05, 4.69) is 50.4 Å². The Morgan fingerprint density at radius 2 is 1.95 bits per heavy atom. The van der Waals surface area contributed by atoms with Crippen molar-refractivity contribution >= 4 is 0 Å². The van der Waals surface area contributed by atoms with Crippen molar-refractivity contribution in [2.45, 2.75) is 58.9 Å². The molecule has 2 aliphatic carbocycles. The molecule has 1 nitrogen and oxygen atoms in total. The molecule has 3 rings (SSSR count). The van der Waals surface area contributed by atoms with Gasteiger partial charge in [0.15, 0.2) is 0 Å². The van der Waals surface area contributed by atoms with Crippen molar-refractivity contribution in [2.75, 3.05) is 6.54 Å². The summed E-state index contributed by atoms with van der Waals surface area (Å²) in [7, 11) is 0. The molecule has 0 bridgehead atoms. The van der Waals surface area contributed by atoms with Crippen LogP contribution in [0.25, 0.3) is 0 Å². The zero-order valence-corrected chi connectivity index (χ0v) is 13.9. The molecule has 1 heteroatoms. The lowest BCUT2D eigenvalue weighted by atomic mass is 9.93. The second-order valence-electron chi connectivity index (χ2n) is 7.61. The number of benzene rings is 1. The molecule has 1 N–H and O–H groups in total. The van der Waals surface area contributed by atoms with E-state index in [-0.39, 0.29) is 0 Å². The summed E-state index contributed by atoms with van der Waals surface area (Å²) in [5.41, 5.74) is 3.05. The van der Waals surface area contributed by atoms with E-state index in [1.54, 1.807) is 5.56 Å². The fourth-order valence-electron chi connectivity index (χ4n) is 4.53. The molecular formula is C20H31N. The monoisotopic (exact) mass is 285 g/mol. The average Bonchev–Trinajstić information content (AvgIpc) is 2.92. The minimum atomic E-state index is 0.604. The normalized spacial score (nSPS) is 28.7. The van der Waals surface area contributed by atoms with Crippen molar-refractivity contribution < 1.29 is 0 Å². The van der Waals surface area contributed by atoms with Crippen LogP contribution in [0.15, 0.2) is 24.3 Å². The van der Waals surface area contributed by atoms with Crippen LogP contribution < -0.4 is 5.32 Å². The molecule has 1 aromatic rings. The predicted octanol–water partition coefficient (Wildman–Crippen LogP) is 4.97. The van der Waals surface area contributed by atoms with Gasteiger partial charge in [0.2, 0.25) is 0 Å². The van der Waals surface area contributed by atoms with Gasteiger partial charge in [0, 0.05) is 6.04 Å². The molecule has 0 amide bonds. The highest BCUT2D eigenvalue weighted by Gasteiger charge is 2.55. The molecule has 2 fully saturated rings. The van der Waals surface area contributed by atoms with E-state index >= 15 is 0 Å². The van der Waals surface area contributed by atoms with E-state index in [0.29, 0.717) is 6.04 Å². The number of hydrogen-bond donors (Lipinski definition) is 1. The summed E-state index contributed by atoms with van der Waals surface area (Å²) in [5.74, 6) is 3.70.